The lowest BCUT2D eigenvalue weighted by atomic mass is 9.97. The minimum absolute atomic E-state index is 0.911. The number of nitrogens with zero attached hydrogens (tertiary/aromatic N) is 4. The summed E-state index contributed by atoms with van der Waals surface area (Å²) in [5.74, 6) is 0. The molecule has 0 spiro atoms. The molecule has 0 N–H and O–H groups in total. The Morgan fingerprint density at radius 1 is 0.543 bits per heavy atom. The SMILES string of the molecule is C1=CC(n2c3ccccc3c3cc(-c4cc5c6nc7ccccc7nc6n6c7ccc8ccccc8c7c(c4)c56)ccc32)=CCC1. The van der Waals surface area contributed by atoms with Crippen LogP contribution in [0.15, 0.2) is 133 Å². The van der Waals surface area contributed by atoms with Gasteiger partial charge in [-0.2, -0.15) is 0 Å². The molecule has 10 aromatic rings. The van der Waals surface area contributed by atoms with Crippen molar-refractivity contribution in [2.45, 2.75) is 12.8 Å². The number of aromatic nitrogens is 4. The fraction of sp³-hybridized carbons (Fsp3) is 0.0476. The summed E-state index contributed by atoms with van der Waals surface area (Å²) < 4.78 is 4.76. The van der Waals surface area contributed by atoms with Crippen LogP contribution in [0.2, 0.25) is 0 Å². The van der Waals surface area contributed by atoms with E-state index in [4.69, 9.17) is 9.97 Å². The molecule has 0 saturated carbocycles. The molecule has 0 saturated heterocycles. The van der Waals surface area contributed by atoms with Gasteiger partial charge in [-0.05, 0) is 89.3 Å². The van der Waals surface area contributed by atoms with Crippen LogP contribution >= 0.6 is 0 Å². The van der Waals surface area contributed by atoms with E-state index in [0.717, 1.165) is 40.4 Å². The van der Waals surface area contributed by atoms with E-state index >= 15 is 0 Å². The second-order valence-electron chi connectivity index (χ2n) is 12.5. The van der Waals surface area contributed by atoms with E-state index in [1.165, 1.54) is 71.2 Å². The van der Waals surface area contributed by atoms with Gasteiger partial charge in [0.15, 0.2) is 5.65 Å². The zero-order valence-corrected chi connectivity index (χ0v) is 24.9. The van der Waals surface area contributed by atoms with Crippen molar-refractivity contribution in [3.8, 4) is 11.1 Å². The Balaban J connectivity index is 1.27. The number of benzene rings is 6. The molecule has 0 atom stereocenters. The predicted octanol–water partition coefficient (Wildman–Crippen LogP) is 10.9. The van der Waals surface area contributed by atoms with Gasteiger partial charge in [-0.1, -0.05) is 78.9 Å². The normalized spacial score (nSPS) is 14.0. The average Bonchev–Trinajstić information content (AvgIpc) is 3.75. The van der Waals surface area contributed by atoms with Crippen LogP contribution in [0.4, 0.5) is 0 Å². The molecule has 0 bridgehead atoms. The van der Waals surface area contributed by atoms with Crippen LogP contribution in [0.5, 0.6) is 0 Å². The number of hydrogen-bond acceptors (Lipinski definition) is 2. The summed E-state index contributed by atoms with van der Waals surface area (Å²) in [6.45, 7) is 0. The van der Waals surface area contributed by atoms with Crippen molar-refractivity contribution in [2.24, 2.45) is 0 Å². The Morgan fingerprint density at radius 3 is 2.17 bits per heavy atom. The van der Waals surface area contributed by atoms with Crippen molar-refractivity contribution in [3.05, 3.63) is 133 Å². The van der Waals surface area contributed by atoms with E-state index < -0.39 is 0 Å². The van der Waals surface area contributed by atoms with Gasteiger partial charge < -0.3 is 4.57 Å². The Kier molecular flexibility index (Phi) is 4.66. The minimum atomic E-state index is 0.911. The molecule has 0 unspecified atom stereocenters. The Bertz CT molecular complexity index is 2960. The fourth-order valence-electron chi connectivity index (χ4n) is 8.01. The molecule has 4 heteroatoms. The molecule has 46 heavy (non-hydrogen) atoms. The van der Waals surface area contributed by atoms with E-state index in [2.05, 4.69) is 130 Å². The highest BCUT2D eigenvalue weighted by molar-refractivity contribution is 6.29. The van der Waals surface area contributed by atoms with E-state index in [-0.39, 0.29) is 0 Å². The third-order valence-corrected chi connectivity index (χ3v) is 10.0. The summed E-state index contributed by atoms with van der Waals surface area (Å²) in [5, 5.41) is 8.69. The van der Waals surface area contributed by atoms with E-state index in [0.29, 0.717) is 0 Å². The average molecular weight is 587 g/mol. The molecule has 6 aromatic carbocycles. The molecule has 11 rings (SSSR count). The summed E-state index contributed by atoms with van der Waals surface area (Å²) in [5.41, 5.74) is 12.2. The van der Waals surface area contributed by atoms with Crippen LogP contribution < -0.4 is 0 Å². The maximum atomic E-state index is 5.22. The number of hydrogen-bond donors (Lipinski definition) is 0. The van der Waals surface area contributed by atoms with Gasteiger partial charge in [0, 0.05) is 32.6 Å². The standard InChI is InChI=1S/C42H26N4/c1-2-11-28(12-3-1)45-36-17-9-6-14-30(36)31-22-26(19-20-37(31)45)27-23-32-39-29-13-5-4-10-25(29)18-21-38(39)46-41(32)33(24-27)40-42(46)44-35-16-8-7-15-34(35)43-40/h2,4-24H,1,3H2. The third-order valence-electron chi connectivity index (χ3n) is 10.0. The molecule has 1 aliphatic rings. The summed E-state index contributed by atoms with van der Waals surface area (Å²) in [4.78, 5) is 10.4. The first-order valence-electron chi connectivity index (χ1n) is 16.0. The highest BCUT2D eigenvalue weighted by atomic mass is 15.0. The van der Waals surface area contributed by atoms with Crippen molar-refractivity contribution < 1.29 is 0 Å². The minimum Gasteiger partial charge on any atom is -0.310 e. The summed E-state index contributed by atoms with van der Waals surface area (Å²) in [6.07, 6.45) is 9.08. The van der Waals surface area contributed by atoms with E-state index in [1.807, 2.05) is 12.1 Å². The quantitative estimate of drug-likeness (QED) is 0.202. The van der Waals surface area contributed by atoms with Crippen LogP contribution in [0, 0.1) is 0 Å². The third kappa shape index (κ3) is 3.13. The molecule has 0 aliphatic heterocycles. The maximum absolute atomic E-state index is 5.22. The summed E-state index contributed by atoms with van der Waals surface area (Å²) >= 11 is 0. The molecule has 1 aliphatic carbocycles. The van der Waals surface area contributed by atoms with Gasteiger partial charge in [-0.25, -0.2) is 9.97 Å². The first kappa shape index (κ1) is 24.3. The highest BCUT2D eigenvalue weighted by Gasteiger charge is 2.23. The van der Waals surface area contributed by atoms with Gasteiger partial charge in [0.05, 0.1) is 33.1 Å². The molecular weight excluding hydrogens is 560 g/mol. The van der Waals surface area contributed by atoms with Gasteiger partial charge in [-0.15, -0.1) is 0 Å². The Morgan fingerprint density at radius 2 is 1.28 bits per heavy atom. The zero-order chi connectivity index (χ0) is 29.9. The van der Waals surface area contributed by atoms with Gasteiger partial charge in [-0.3, -0.25) is 4.40 Å². The number of para-hydroxylation sites is 3. The van der Waals surface area contributed by atoms with Crippen LogP contribution in [0.3, 0.4) is 0 Å². The van der Waals surface area contributed by atoms with Crippen molar-refractivity contribution in [1.82, 2.24) is 18.9 Å². The highest BCUT2D eigenvalue weighted by Crippen LogP contribution is 2.44. The van der Waals surface area contributed by atoms with Gasteiger partial charge in [0.2, 0.25) is 0 Å². The van der Waals surface area contributed by atoms with Gasteiger partial charge in [0.1, 0.15) is 5.52 Å². The van der Waals surface area contributed by atoms with Crippen molar-refractivity contribution in [1.29, 1.82) is 0 Å². The van der Waals surface area contributed by atoms with Gasteiger partial charge >= 0.3 is 0 Å². The van der Waals surface area contributed by atoms with Crippen LogP contribution in [-0.4, -0.2) is 18.9 Å². The van der Waals surface area contributed by atoms with E-state index in [1.54, 1.807) is 0 Å². The summed E-state index contributed by atoms with van der Waals surface area (Å²) in [6, 6.07) is 41.9. The lowest BCUT2D eigenvalue weighted by Crippen LogP contribution is -1.96. The summed E-state index contributed by atoms with van der Waals surface area (Å²) in [7, 11) is 0. The van der Waals surface area contributed by atoms with Crippen molar-refractivity contribution in [3.63, 3.8) is 0 Å². The zero-order valence-electron chi connectivity index (χ0n) is 24.9. The smallest absolute Gasteiger partial charge is 0.165 e. The second-order valence-corrected chi connectivity index (χ2v) is 12.5. The Hall–Kier alpha value is -6.00. The molecule has 4 aromatic heterocycles. The lowest BCUT2D eigenvalue weighted by Gasteiger charge is -2.12. The van der Waals surface area contributed by atoms with Crippen molar-refractivity contribution >= 4 is 87.7 Å². The number of allylic oxidation sites excluding steroid dienone is 4. The molecule has 0 amide bonds. The lowest BCUT2D eigenvalue weighted by molar-refractivity contribution is 1.02. The predicted molar refractivity (Wildman–Crippen MR) is 193 cm³/mol. The van der Waals surface area contributed by atoms with E-state index in [9.17, 15) is 0 Å². The largest absolute Gasteiger partial charge is 0.310 e. The molecule has 0 fully saturated rings. The fourth-order valence-corrected chi connectivity index (χ4v) is 8.01. The monoisotopic (exact) mass is 586 g/mol. The van der Waals surface area contributed by atoms with Gasteiger partial charge in [0.25, 0.3) is 0 Å². The number of fused-ring (bicyclic) bond motifs is 12. The van der Waals surface area contributed by atoms with Crippen LogP contribution in [0.25, 0.3) is 98.8 Å². The molecular formula is C42H26N4. The maximum Gasteiger partial charge on any atom is 0.165 e. The number of rotatable bonds is 2. The molecule has 0 radical (unpaired) electrons. The van der Waals surface area contributed by atoms with Crippen LogP contribution in [-0.2, 0) is 0 Å². The van der Waals surface area contributed by atoms with Crippen molar-refractivity contribution in [2.75, 3.05) is 0 Å². The first-order chi connectivity index (χ1) is 22.8. The first-order valence-corrected chi connectivity index (χ1v) is 16.0. The second kappa shape index (κ2) is 8.80. The molecule has 214 valence electrons. The topological polar surface area (TPSA) is 35.1 Å². The van der Waals surface area contributed by atoms with Crippen LogP contribution in [0.1, 0.15) is 12.8 Å². The Labute approximate surface area is 263 Å². The molecule has 4 nitrogen and oxygen atoms in total. The molecule has 4 heterocycles.